The lowest BCUT2D eigenvalue weighted by Crippen LogP contribution is -2.38. The lowest BCUT2D eigenvalue weighted by molar-refractivity contribution is -0.174. The predicted octanol–water partition coefficient (Wildman–Crippen LogP) is -0.550. The van der Waals surface area contributed by atoms with Gasteiger partial charge in [-0.2, -0.15) is 0 Å². The molecule has 0 aromatic carbocycles. The van der Waals surface area contributed by atoms with Crippen LogP contribution in [0.1, 0.15) is 54.9 Å². The minimum atomic E-state index is -1.11. The molecule has 0 unspecified atom stereocenters. The van der Waals surface area contributed by atoms with Crippen LogP contribution in [0.4, 0.5) is 0 Å². The molecule has 188 valence electrons. The summed E-state index contributed by atoms with van der Waals surface area (Å²) in [5.41, 5.74) is -3.19. The first-order chi connectivity index (χ1) is 14.0. The summed E-state index contributed by atoms with van der Waals surface area (Å²) in [5.74, 6) is -1.59. The summed E-state index contributed by atoms with van der Waals surface area (Å²) in [5, 5.41) is 60.6. The monoisotopic (exact) mass is 456 g/mol. The molecule has 0 rings (SSSR count). The molecule has 7 N–H and O–H groups in total. The number of hydrogen-bond donors (Lipinski definition) is 7. The second kappa shape index (κ2) is 15.6. The quantitative estimate of drug-likeness (QED) is 0.166. The average Bonchev–Trinajstić information content (AvgIpc) is 2.76. The summed E-state index contributed by atoms with van der Waals surface area (Å²) < 4.78 is 4.56. The van der Waals surface area contributed by atoms with Gasteiger partial charge in [-0.05, 0) is 34.1 Å². The Hall–Kier alpha value is -1.14. The number of aliphatic hydroxyl groups is 7. The summed E-state index contributed by atoms with van der Waals surface area (Å²) in [6.45, 7) is 10.1. The van der Waals surface area contributed by atoms with Gasteiger partial charge < -0.3 is 40.5 Å². The van der Waals surface area contributed by atoms with E-state index < -0.39 is 41.4 Å². The first kappa shape index (κ1) is 34.5. The molecule has 0 spiro atoms. The minimum Gasteiger partial charge on any atom is -0.396 e. The smallest absolute Gasteiger partial charge is 0.321 e. The molecule has 0 aliphatic rings. The van der Waals surface area contributed by atoms with Gasteiger partial charge >= 0.3 is 11.9 Å². The third-order valence-electron chi connectivity index (χ3n) is 4.69. The number of hydrogen-bond acceptors (Lipinski definition) is 10. The molecule has 0 aliphatic heterocycles. The summed E-state index contributed by atoms with van der Waals surface area (Å²) in [6, 6.07) is 0. The Morgan fingerprint density at radius 1 is 0.581 bits per heavy atom. The highest BCUT2D eigenvalue weighted by Crippen LogP contribution is 2.21. The van der Waals surface area contributed by atoms with E-state index in [1.807, 2.05) is 6.92 Å². The number of ether oxygens (including phenoxy) is 1. The van der Waals surface area contributed by atoms with Gasteiger partial charge in [-0.25, -0.2) is 0 Å². The fraction of sp³-hybridized carbons (Fsp3) is 0.905. The molecule has 0 saturated carbocycles. The lowest BCUT2D eigenvalue weighted by Gasteiger charge is -2.24. The molecule has 0 bridgehead atoms. The van der Waals surface area contributed by atoms with Crippen LogP contribution in [0.2, 0.25) is 0 Å². The van der Waals surface area contributed by atoms with Gasteiger partial charge in [0.05, 0.1) is 57.1 Å². The molecule has 0 aromatic rings. The zero-order chi connectivity index (χ0) is 25.5. The fourth-order valence-electron chi connectivity index (χ4n) is 1.02. The molecule has 0 radical (unpaired) electrons. The summed E-state index contributed by atoms with van der Waals surface area (Å²) in [7, 11) is 0. The number of aliphatic hydroxyl groups excluding tert-OH is 7. The van der Waals surface area contributed by atoms with Crippen LogP contribution in [0.3, 0.4) is 0 Å². The normalized spacial score (nSPS) is 12.2. The Kier molecular flexibility index (Phi) is 17.4. The Morgan fingerprint density at radius 2 is 0.871 bits per heavy atom. The van der Waals surface area contributed by atoms with E-state index in [-0.39, 0.29) is 38.4 Å². The second-order valence-corrected chi connectivity index (χ2v) is 9.57. The van der Waals surface area contributed by atoms with Crippen LogP contribution in [-0.4, -0.2) is 93.9 Å². The zero-order valence-electron chi connectivity index (χ0n) is 20.0. The Bertz CT molecular complexity index is 447. The number of rotatable bonds is 10. The first-order valence-electron chi connectivity index (χ1n) is 10.1. The van der Waals surface area contributed by atoms with Crippen molar-refractivity contribution in [2.24, 2.45) is 21.7 Å². The zero-order valence-corrected chi connectivity index (χ0v) is 20.0. The van der Waals surface area contributed by atoms with Crippen molar-refractivity contribution in [1.29, 1.82) is 0 Å². The minimum absolute atomic E-state index is 0.0451. The molecule has 0 amide bonds. The van der Waals surface area contributed by atoms with Gasteiger partial charge in [0.25, 0.3) is 0 Å². The second-order valence-electron chi connectivity index (χ2n) is 9.57. The van der Waals surface area contributed by atoms with E-state index in [4.69, 9.17) is 35.7 Å². The van der Waals surface area contributed by atoms with Crippen molar-refractivity contribution < 1.29 is 50.1 Å². The molecular formula is C21H44O10. The number of carbonyl (C=O) groups excluding carboxylic acids is 2. The largest absolute Gasteiger partial charge is 0.396 e. The van der Waals surface area contributed by atoms with Crippen LogP contribution in [0.15, 0.2) is 0 Å². The standard InChI is InChI=1S/C10H18O5.C6H14O3.C5H12O2/c1-9(2,5-11)7(13)15-8(14)10(3,4)6-12;1-2-6(3-7,4-8)5-9;1-5(2,3-6)4-7/h11-12H,5-6H2,1-4H3;7-9H,2-5H2,1H3;6-7H,3-4H2,1-2H3. The van der Waals surface area contributed by atoms with Gasteiger partial charge in [-0.1, -0.05) is 20.8 Å². The Balaban J connectivity index is -0.000000417. The van der Waals surface area contributed by atoms with Gasteiger partial charge in [-0.15, -0.1) is 0 Å². The molecule has 0 aromatic heterocycles. The van der Waals surface area contributed by atoms with E-state index >= 15 is 0 Å². The highest BCUT2D eigenvalue weighted by Gasteiger charge is 2.36. The maximum atomic E-state index is 11.4. The van der Waals surface area contributed by atoms with Crippen LogP contribution >= 0.6 is 0 Å². The van der Waals surface area contributed by atoms with Crippen LogP contribution < -0.4 is 0 Å². The topological polar surface area (TPSA) is 185 Å². The van der Waals surface area contributed by atoms with E-state index in [0.717, 1.165) is 0 Å². The van der Waals surface area contributed by atoms with Crippen LogP contribution in [0, 0.1) is 21.7 Å². The van der Waals surface area contributed by atoms with E-state index in [1.165, 1.54) is 27.7 Å². The predicted molar refractivity (Wildman–Crippen MR) is 115 cm³/mol. The van der Waals surface area contributed by atoms with Crippen molar-refractivity contribution in [2.75, 3.05) is 46.2 Å². The fourth-order valence-corrected chi connectivity index (χ4v) is 1.02. The molecule has 0 saturated heterocycles. The molecule has 0 heterocycles. The Labute approximate surface area is 185 Å². The highest BCUT2D eigenvalue weighted by atomic mass is 16.6. The number of carbonyl (C=O) groups is 2. The van der Waals surface area contributed by atoms with Gasteiger partial charge in [0.15, 0.2) is 0 Å². The van der Waals surface area contributed by atoms with E-state index in [0.29, 0.717) is 6.42 Å². The third-order valence-corrected chi connectivity index (χ3v) is 4.69. The van der Waals surface area contributed by atoms with Gasteiger partial charge in [0.2, 0.25) is 0 Å². The van der Waals surface area contributed by atoms with Crippen molar-refractivity contribution in [3.8, 4) is 0 Å². The molecular weight excluding hydrogens is 412 g/mol. The van der Waals surface area contributed by atoms with E-state index in [2.05, 4.69) is 4.74 Å². The van der Waals surface area contributed by atoms with Crippen LogP contribution in [-0.2, 0) is 14.3 Å². The SMILES string of the molecule is CC(C)(CO)C(=O)OC(=O)C(C)(C)CO.CC(C)(CO)CO.CCC(CO)(CO)CO. The summed E-state index contributed by atoms with van der Waals surface area (Å²) in [4.78, 5) is 22.8. The van der Waals surface area contributed by atoms with Crippen LogP contribution in [0.25, 0.3) is 0 Å². The molecule has 10 nitrogen and oxygen atoms in total. The molecule has 0 aliphatic carbocycles. The van der Waals surface area contributed by atoms with Crippen molar-refractivity contribution in [1.82, 2.24) is 0 Å². The van der Waals surface area contributed by atoms with E-state index in [9.17, 15) is 9.59 Å². The summed E-state index contributed by atoms with van der Waals surface area (Å²) in [6.07, 6.45) is 0.594. The number of esters is 2. The highest BCUT2D eigenvalue weighted by molar-refractivity contribution is 5.91. The molecule has 31 heavy (non-hydrogen) atoms. The van der Waals surface area contributed by atoms with Crippen molar-refractivity contribution in [2.45, 2.75) is 54.9 Å². The lowest BCUT2D eigenvalue weighted by atomic mass is 9.88. The Morgan fingerprint density at radius 3 is 0.968 bits per heavy atom. The maximum absolute atomic E-state index is 11.4. The maximum Gasteiger partial charge on any atom is 0.321 e. The van der Waals surface area contributed by atoms with Crippen molar-refractivity contribution in [3.63, 3.8) is 0 Å². The molecule has 10 heteroatoms. The first-order valence-corrected chi connectivity index (χ1v) is 10.1. The van der Waals surface area contributed by atoms with Crippen molar-refractivity contribution >= 4 is 11.9 Å². The molecule has 0 fully saturated rings. The average molecular weight is 457 g/mol. The van der Waals surface area contributed by atoms with Crippen molar-refractivity contribution in [3.05, 3.63) is 0 Å². The van der Waals surface area contributed by atoms with E-state index in [1.54, 1.807) is 13.8 Å². The summed E-state index contributed by atoms with van der Waals surface area (Å²) >= 11 is 0. The molecule has 0 atom stereocenters. The van der Waals surface area contributed by atoms with Gasteiger partial charge in [0, 0.05) is 10.8 Å². The third kappa shape index (κ3) is 13.8. The van der Waals surface area contributed by atoms with Crippen LogP contribution in [0.5, 0.6) is 0 Å². The van der Waals surface area contributed by atoms with Gasteiger partial charge in [0.1, 0.15) is 0 Å². The van der Waals surface area contributed by atoms with Gasteiger partial charge in [-0.3, -0.25) is 9.59 Å².